The predicted molar refractivity (Wildman–Crippen MR) is 62.9 cm³/mol. The summed E-state index contributed by atoms with van der Waals surface area (Å²) in [6, 6.07) is 4.23. The molecule has 0 bridgehead atoms. The second-order valence-electron chi connectivity index (χ2n) is 3.92. The average Bonchev–Trinajstić information content (AvgIpc) is 2.63. The molecule has 1 aromatic carbocycles. The van der Waals surface area contributed by atoms with Crippen LogP contribution in [0.4, 0.5) is 5.69 Å². The Kier molecular flexibility index (Phi) is 3.29. The second kappa shape index (κ2) is 4.73. The van der Waals surface area contributed by atoms with Crippen LogP contribution in [-0.2, 0) is 16.1 Å². The minimum atomic E-state index is -0.598. The largest absolute Gasteiger partial charge is 0.288 e. The van der Waals surface area contributed by atoms with Gasteiger partial charge >= 0.3 is 0 Å². The summed E-state index contributed by atoms with van der Waals surface area (Å²) in [5.74, 6) is -0.504. The van der Waals surface area contributed by atoms with E-state index < -0.39 is 4.92 Å². The van der Waals surface area contributed by atoms with Crippen LogP contribution in [0, 0.1) is 10.1 Å². The number of imide groups is 1. The molecule has 1 aliphatic rings. The smallest absolute Gasteiger partial charge is 0.278 e. The van der Waals surface area contributed by atoms with Crippen LogP contribution in [-0.4, -0.2) is 21.6 Å². The lowest BCUT2D eigenvalue weighted by molar-refractivity contribution is -0.384. The van der Waals surface area contributed by atoms with Crippen molar-refractivity contribution in [3.63, 3.8) is 0 Å². The Balaban J connectivity index is 2.24. The van der Waals surface area contributed by atoms with Crippen molar-refractivity contribution in [2.45, 2.75) is 19.4 Å². The van der Waals surface area contributed by atoms with Crippen molar-refractivity contribution in [1.29, 1.82) is 0 Å². The van der Waals surface area contributed by atoms with Gasteiger partial charge in [-0.25, -0.2) is 0 Å². The van der Waals surface area contributed by atoms with Crippen LogP contribution in [0.15, 0.2) is 18.2 Å². The van der Waals surface area contributed by atoms with Gasteiger partial charge in [-0.2, -0.15) is 0 Å². The molecule has 0 unspecified atom stereocenters. The summed E-state index contributed by atoms with van der Waals surface area (Å²) in [6.07, 6.45) is 0.406. The summed E-state index contributed by atoms with van der Waals surface area (Å²) in [4.78, 5) is 34.1. The van der Waals surface area contributed by atoms with Gasteiger partial charge in [0.2, 0.25) is 11.8 Å². The van der Waals surface area contributed by atoms with E-state index in [1.54, 1.807) is 6.07 Å². The first-order valence-electron chi connectivity index (χ1n) is 5.25. The lowest BCUT2D eigenvalue weighted by Gasteiger charge is -2.13. The van der Waals surface area contributed by atoms with Crippen molar-refractivity contribution in [3.05, 3.63) is 38.9 Å². The van der Waals surface area contributed by atoms with Gasteiger partial charge in [0.05, 0.1) is 11.5 Å². The van der Waals surface area contributed by atoms with Crippen LogP contribution >= 0.6 is 11.6 Å². The first-order chi connectivity index (χ1) is 8.49. The fourth-order valence-electron chi connectivity index (χ4n) is 1.78. The molecule has 0 radical (unpaired) electrons. The van der Waals surface area contributed by atoms with E-state index in [2.05, 4.69) is 0 Å². The number of rotatable bonds is 3. The maximum absolute atomic E-state index is 11.4. The van der Waals surface area contributed by atoms with Gasteiger partial charge in [0.15, 0.2) is 0 Å². The number of carbonyl (C=O) groups excluding carboxylic acids is 2. The molecule has 7 heteroatoms. The van der Waals surface area contributed by atoms with Crippen molar-refractivity contribution in [2.75, 3.05) is 0 Å². The van der Waals surface area contributed by atoms with Crippen molar-refractivity contribution in [3.8, 4) is 0 Å². The Morgan fingerprint density at radius 2 is 1.89 bits per heavy atom. The first-order valence-corrected chi connectivity index (χ1v) is 5.63. The maximum atomic E-state index is 11.4. The van der Waals surface area contributed by atoms with Crippen molar-refractivity contribution in [2.24, 2.45) is 0 Å². The molecule has 1 heterocycles. The van der Waals surface area contributed by atoms with Gasteiger partial charge in [0.25, 0.3) is 5.69 Å². The maximum Gasteiger partial charge on any atom is 0.288 e. The van der Waals surface area contributed by atoms with E-state index >= 15 is 0 Å². The molecule has 0 spiro atoms. The minimum Gasteiger partial charge on any atom is -0.278 e. The molecular formula is C11H9ClN2O4. The fourth-order valence-corrected chi connectivity index (χ4v) is 1.96. The highest BCUT2D eigenvalue weighted by Gasteiger charge is 2.29. The third-order valence-corrected chi connectivity index (χ3v) is 3.02. The molecule has 1 fully saturated rings. The average molecular weight is 269 g/mol. The Bertz CT molecular complexity index is 528. The number of nitro benzene ring substituents is 1. The molecule has 0 saturated carbocycles. The van der Waals surface area contributed by atoms with Gasteiger partial charge in [0, 0.05) is 18.9 Å². The van der Waals surface area contributed by atoms with Crippen molar-refractivity contribution in [1.82, 2.24) is 4.90 Å². The van der Waals surface area contributed by atoms with E-state index in [4.69, 9.17) is 11.6 Å². The molecule has 1 aromatic rings. The van der Waals surface area contributed by atoms with Crippen LogP contribution in [0.5, 0.6) is 0 Å². The number of amides is 2. The third kappa shape index (κ3) is 2.33. The highest BCUT2D eigenvalue weighted by atomic mass is 35.5. The number of benzene rings is 1. The lowest BCUT2D eigenvalue weighted by atomic mass is 10.2. The zero-order valence-electron chi connectivity index (χ0n) is 9.26. The van der Waals surface area contributed by atoms with E-state index in [0.717, 1.165) is 4.90 Å². The molecule has 2 amide bonds. The Morgan fingerprint density at radius 1 is 1.28 bits per heavy atom. The monoisotopic (exact) mass is 268 g/mol. The molecule has 6 nitrogen and oxygen atoms in total. The molecule has 94 valence electrons. The molecule has 0 aromatic heterocycles. The quantitative estimate of drug-likeness (QED) is 0.476. The number of carbonyl (C=O) groups is 2. The number of hydrogen-bond donors (Lipinski definition) is 0. The molecule has 0 N–H and O–H groups in total. The van der Waals surface area contributed by atoms with Gasteiger partial charge in [-0.3, -0.25) is 24.6 Å². The second-order valence-corrected chi connectivity index (χ2v) is 4.32. The van der Waals surface area contributed by atoms with E-state index in [9.17, 15) is 19.7 Å². The zero-order valence-corrected chi connectivity index (χ0v) is 10.0. The molecule has 1 aliphatic heterocycles. The zero-order chi connectivity index (χ0) is 13.3. The number of halogens is 1. The van der Waals surface area contributed by atoms with E-state index in [0.29, 0.717) is 5.56 Å². The predicted octanol–water partition coefficient (Wildman–Crippen LogP) is 1.90. The lowest BCUT2D eigenvalue weighted by Crippen LogP contribution is -2.28. The van der Waals surface area contributed by atoms with Gasteiger partial charge < -0.3 is 0 Å². The summed E-state index contributed by atoms with van der Waals surface area (Å²) < 4.78 is 0. The molecule has 1 saturated heterocycles. The van der Waals surface area contributed by atoms with Gasteiger partial charge in [-0.1, -0.05) is 17.7 Å². The van der Waals surface area contributed by atoms with E-state index in [-0.39, 0.29) is 41.9 Å². The SMILES string of the molecule is O=C1CCC(=O)N1Cc1ccc(Cl)c([N+](=O)[O-])c1. The molecule has 2 rings (SSSR count). The van der Waals surface area contributed by atoms with Crippen LogP contribution in [0.3, 0.4) is 0 Å². The Hall–Kier alpha value is -1.95. The molecule has 18 heavy (non-hydrogen) atoms. The Labute approximate surface area is 107 Å². The Morgan fingerprint density at radius 3 is 2.44 bits per heavy atom. The van der Waals surface area contributed by atoms with Crippen molar-refractivity contribution < 1.29 is 14.5 Å². The molecule has 0 aliphatic carbocycles. The van der Waals surface area contributed by atoms with Gasteiger partial charge in [-0.15, -0.1) is 0 Å². The third-order valence-electron chi connectivity index (χ3n) is 2.70. The van der Waals surface area contributed by atoms with Crippen LogP contribution in [0.2, 0.25) is 5.02 Å². The van der Waals surface area contributed by atoms with Gasteiger partial charge in [0.1, 0.15) is 5.02 Å². The first kappa shape index (κ1) is 12.5. The van der Waals surface area contributed by atoms with Crippen LogP contribution < -0.4 is 0 Å². The standard InChI is InChI=1S/C11H9ClN2O4/c12-8-2-1-7(5-9(8)14(17)18)6-13-10(15)3-4-11(13)16/h1-2,5H,3-4,6H2. The number of nitrogens with zero attached hydrogens (tertiary/aromatic N) is 2. The molecule has 0 atom stereocenters. The van der Waals surface area contributed by atoms with Crippen LogP contribution in [0.25, 0.3) is 0 Å². The fraction of sp³-hybridized carbons (Fsp3) is 0.273. The summed E-state index contributed by atoms with van der Waals surface area (Å²) in [7, 11) is 0. The highest BCUT2D eigenvalue weighted by Crippen LogP contribution is 2.26. The normalized spacial score (nSPS) is 15.3. The number of hydrogen-bond acceptors (Lipinski definition) is 4. The molecular weight excluding hydrogens is 260 g/mol. The van der Waals surface area contributed by atoms with E-state index in [1.165, 1.54) is 12.1 Å². The number of nitro groups is 1. The van der Waals surface area contributed by atoms with Crippen LogP contribution in [0.1, 0.15) is 18.4 Å². The summed E-state index contributed by atoms with van der Waals surface area (Å²) in [5, 5.41) is 10.7. The minimum absolute atomic E-state index is 0.0304. The van der Waals surface area contributed by atoms with Crippen molar-refractivity contribution >= 4 is 29.1 Å². The summed E-state index contributed by atoms with van der Waals surface area (Å²) in [5.41, 5.74) is 0.281. The number of likely N-dealkylation sites (tertiary alicyclic amines) is 1. The summed E-state index contributed by atoms with van der Waals surface area (Å²) in [6.45, 7) is 0.0513. The highest BCUT2D eigenvalue weighted by molar-refractivity contribution is 6.32. The van der Waals surface area contributed by atoms with Gasteiger partial charge in [-0.05, 0) is 11.6 Å². The summed E-state index contributed by atoms with van der Waals surface area (Å²) >= 11 is 5.68. The topological polar surface area (TPSA) is 80.5 Å². The van der Waals surface area contributed by atoms with E-state index in [1.807, 2.05) is 0 Å².